The molecule has 3 aliphatic rings. The molecule has 0 unspecified atom stereocenters. The van der Waals surface area contributed by atoms with E-state index < -0.39 is 57.1 Å². The Bertz CT molecular complexity index is 1360. The molecule has 1 aliphatic carbocycles. The first-order chi connectivity index (χ1) is 19.7. The van der Waals surface area contributed by atoms with Crippen LogP contribution in [0.5, 0.6) is 0 Å². The number of amides is 4. The zero-order valence-electron chi connectivity index (χ0n) is 24.2. The van der Waals surface area contributed by atoms with E-state index >= 15 is 0 Å². The molecule has 2 aliphatic heterocycles. The molecule has 0 aromatic heterocycles. The smallest absolute Gasteiger partial charge is 0.408 e. The lowest BCUT2D eigenvalue weighted by Crippen LogP contribution is -2.58. The van der Waals surface area contributed by atoms with Crippen LogP contribution in [0.4, 0.5) is 4.79 Å². The van der Waals surface area contributed by atoms with Crippen molar-refractivity contribution in [2.75, 3.05) is 6.54 Å². The number of carbonyl (C=O) groups is 4. The predicted octanol–water partition coefficient (Wildman–Crippen LogP) is 3.53. The topological polar surface area (TPSA) is 151 Å². The molecule has 1 saturated heterocycles. The zero-order chi connectivity index (χ0) is 30.7. The second kappa shape index (κ2) is 12.7. The summed E-state index contributed by atoms with van der Waals surface area (Å²) in [6.45, 7) is 5.53. The SMILES string of the molecule is CC(C)(C)OC(=O)N[C@H]1CCCCC/C=C\[C@H]2C[C@@]2(C(=O)NS(=O)(=O)c2cccc(Br)c2)NC(=O)[C@@H]2CCCN2C1=O. The van der Waals surface area contributed by atoms with Crippen LogP contribution < -0.4 is 15.4 Å². The Morgan fingerprint density at radius 3 is 2.60 bits per heavy atom. The minimum absolute atomic E-state index is 0.0890. The number of ether oxygens (including phenoxy) is 1. The minimum atomic E-state index is -4.21. The molecule has 0 bridgehead atoms. The fourth-order valence-corrected chi connectivity index (χ4v) is 7.08. The summed E-state index contributed by atoms with van der Waals surface area (Å²) in [5.41, 5.74) is -2.20. The van der Waals surface area contributed by atoms with E-state index in [9.17, 15) is 27.6 Å². The van der Waals surface area contributed by atoms with Crippen LogP contribution in [0.3, 0.4) is 0 Å². The van der Waals surface area contributed by atoms with Gasteiger partial charge in [-0.05, 0) is 77.5 Å². The number of hydrogen-bond acceptors (Lipinski definition) is 7. The Balaban J connectivity index is 1.56. The van der Waals surface area contributed by atoms with Crippen molar-refractivity contribution in [2.45, 2.75) is 100 Å². The van der Waals surface area contributed by atoms with Crippen LogP contribution in [0, 0.1) is 5.92 Å². The Labute approximate surface area is 255 Å². The average Bonchev–Trinajstić information content (AvgIpc) is 3.35. The fourth-order valence-electron chi connectivity index (χ4n) is 5.45. The van der Waals surface area contributed by atoms with Gasteiger partial charge in [0, 0.05) is 16.9 Å². The lowest BCUT2D eigenvalue weighted by Gasteiger charge is -2.30. The molecule has 4 amide bonds. The van der Waals surface area contributed by atoms with E-state index in [4.69, 9.17) is 4.74 Å². The molecular formula is C29H39BrN4O7S. The van der Waals surface area contributed by atoms with Gasteiger partial charge in [-0.15, -0.1) is 0 Å². The third kappa shape index (κ3) is 7.71. The molecule has 230 valence electrons. The molecule has 4 atom stereocenters. The van der Waals surface area contributed by atoms with Gasteiger partial charge in [-0.3, -0.25) is 14.4 Å². The maximum Gasteiger partial charge on any atom is 0.408 e. The number of fused-ring (bicyclic) bond motifs is 2. The second-order valence-electron chi connectivity index (χ2n) is 12.1. The maximum atomic E-state index is 13.7. The monoisotopic (exact) mass is 666 g/mol. The van der Waals surface area contributed by atoms with Gasteiger partial charge in [-0.1, -0.05) is 47.0 Å². The molecule has 1 aromatic rings. The predicted molar refractivity (Wildman–Crippen MR) is 159 cm³/mol. The highest BCUT2D eigenvalue weighted by molar-refractivity contribution is 9.10. The van der Waals surface area contributed by atoms with Gasteiger partial charge >= 0.3 is 6.09 Å². The quantitative estimate of drug-likeness (QED) is 0.416. The van der Waals surface area contributed by atoms with Gasteiger partial charge in [0.1, 0.15) is 23.2 Å². The maximum absolute atomic E-state index is 13.7. The Morgan fingerprint density at radius 2 is 1.88 bits per heavy atom. The summed E-state index contributed by atoms with van der Waals surface area (Å²) in [5.74, 6) is -2.13. The van der Waals surface area contributed by atoms with Crippen molar-refractivity contribution in [1.82, 2.24) is 20.3 Å². The number of halogens is 1. The number of allylic oxidation sites excluding steroid dienone is 1. The van der Waals surface area contributed by atoms with Gasteiger partial charge in [0.05, 0.1) is 4.90 Å². The average molecular weight is 668 g/mol. The van der Waals surface area contributed by atoms with Gasteiger partial charge < -0.3 is 20.3 Å². The number of benzene rings is 1. The summed E-state index contributed by atoms with van der Waals surface area (Å²) >= 11 is 3.25. The van der Waals surface area contributed by atoms with Crippen molar-refractivity contribution >= 4 is 49.8 Å². The third-order valence-electron chi connectivity index (χ3n) is 7.66. The van der Waals surface area contributed by atoms with Crippen LogP contribution in [0.2, 0.25) is 0 Å². The Hall–Kier alpha value is -2.93. The zero-order valence-corrected chi connectivity index (χ0v) is 26.6. The standard InChI is InChI=1S/C29H39BrN4O7S/c1-28(2,3)41-27(38)31-22-14-8-6-4-5-7-11-19-18-29(19,32-24(35)23-15-10-16-34(23)25(22)36)26(37)33-42(39,40)21-13-9-12-20(30)17-21/h7,9,11-13,17,19,22-23H,4-6,8,10,14-16,18H2,1-3H3,(H,31,38)(H,32,35)(H,33,37)/b11-7-/t19-,22-,23-,29+/m0/s1. The van der Waals surface area contributed by atoms with Crippen molar-refractivity contribution in [3.63, 3.8) is 0 Å². The van der Waals surface area contributed by atoms with E-state index in [-0.39, 0.29) is 17.2 Å². The molecule has 0 radical (unpaired) electrons. The van der Waals surface area contributed by atoms with E-state index in [2.05, 4.69) is 31.3 Å². The number of alkyl carbamates (subject to hydrolysis) is 1. The number of nitrogens with one attached hydrogen (secondary N) is 3. The highest BCUT2D eigenvalue weighted by Gasteiger charge is 2.61. The normalized spacial score (nSPS) is 27.8. The molecule has 1 saturated carbocycles. The molecule has 13 heteroatoms. The summed E-state index contributed by atoms with van der Waals surface area (Å²) < 4.78 is 34.1. The van der Waals surface area contributed by atoms with E-state index in [0.29, 0.717) is 43.1 Å². The lowest BCUT2D eigenvalue weighted by atomic mass is 10.0. The molecule has 1 aromatic carbocycles. The van der Waals surface area contributed by atoms with E-state index in [1.807, 2.05) is 12.2 Å². The molecule has 0 spiro atoms. The van der Waals surface area contributed by atoms with Gasteiger partial charge in [0.25, 0.3) is 15.9 Å². The summed E-state index contributed by atoms with van der Waals surface area (Å²) in [6.07, 6.45) is 7.72. The largest absolute Gasteiger partial charge is 0.444 e. The summed E-state index contributed by atoms with van der Waals surface area (Å²) in [5, 5.41) is 5.52. The van der Waals surface area contributed by atoms with E-state index in [1.54, 1.807) is 32.9 Å². The van der Waals surface area contributed by atoms with Gasteiger partial charge in [0.15, 0.2) is 0 Å². The number of hydrogen-bond donors (Lipinski definition) is 3. The second-order valence-corrected chi connectivity index (χ2v) is 14.7. The summed E-state index contributed by atoms with van der Waals surface area (Å²) in [4.78, 5) is 54.8. The fraction of sp³-hybridized carbons (Fsp3) is 0.586. The highest BCUT2D eigenvalue weighted by Crippen LogP contribution is 2.45. The van der Waals surface area contributed by atoms with Crippen LogP contribution in [0.15, 0.2) is 45.8 Å². The molecule has 3 N–H and O–H groups in total. The van der Waals surface area contributed by atoms with Crippen LogP contribution in [-0.2, 0) is 29.1 Å². The van der Waals surface area contributed by atoms with Gasteiger partial charge in [0.2, 0.25) is 11.8 Å². The van der Waals surface area contributed by atoms with Crippen LogP contribution >= 0.6 is 15.9 Å². The number of nitrogens with zero attached hydrogens (tertiary/aromatic N) is 1. The van der Waals surface area contributed by atoms with Gasteiger partial charge in [-0.25, -0.2) is 17.9 Å². The van der Waals surface area contributed by atoms with Crippen molar-refractivity contribution in [3.05, 3.63) is 40.9 Å². The van der Waals surface area contributed by atoms with Crippen molar-refractivity contribution in [2.24, 2.45) is 5.92 Å². The summed E-state index contributed by atoms with van der Waals surface area (Å²) in [7, 11) is -4.21. The molecule has 2 heterocycles. The molecular weight excluding hydrogens is 628 g/mol. The van der Waals surface area contributed by atoms with Crippen LogP contribution in [0.25, 0.3) is 0 Å². The highest BCUT2D eigenvalue weighted by atomic mass is 79.9. The molecule has 4 rings (SSSR count). The van der Waals surface area contributed by atoms with E-state index in [1.165, 1.54) is 17.0 Å². The first-order valence-electron chi connectivity index (χ1n) is 14.3. The Morgan fingerprint density at radius 1 is 1.12 bits per heavy atom. The minimum Gasteiger partial charge on any atom is -0.444 e. The van der Waals surface area contributed by atoms with Crippen LogP contribution in [0.1, 0.15) is 72.1 Å². The van der Waals surface area contributed by atoms with E-state index in [0.717, 1.165) is 12.8 Å². The summed E-state index contributed by atoms with van der Waals surface area (Å²) in [6, 6.07) is 4.26. The number of sulfonamides is 1. The van der Waals surface area contributed by atoms with Crippen molar-refractivity contribution in [3.8, 4) is 0 Å². The third-order valence-corrected chi connectivity index (χ3v) is 9.48. The number of rotatable bonds is 4. The van der Waals surface area contributed by atoms with Crippen molar-refractivity contribution < 1.29 is 32.3 Å². The Kier molecular flexibility index (Phi) is 9.71. The first kappa shape index (κ1) is 32.0. The molecule has 2 fully saturated rings. The molecule has 11 nitrogen and oxygen atoms in total. The molecule has 42 heavy (non-hydrogen) atoms. The number of carbonyl (C=O) groups excluding carboxylic acids is 4. The van der Waals surface area contributed by atoms with Crippen molar-refractivity contribution in [1.29, 1.82) is 0 Å². The van der Waals surface area contributed by atoms with Gasteiger partial charge in [-0.2, -0.15) is 0 Å². The van der Waals surface area contributed by atoms with Crippen LogP contribution in [-0.4, -0.2) is 66.9 Å². The first-order valence-corrected chi connectivity index (χ1v) is 16.6. The lowest BCUT2D eigenvalue weighted by molar-refractivity contribution is -0.141.